The zero-order valence-corrected chi connectivity index (χ0v) is 20.8. The first-order valence-electron chi connectivity index (χ1n) is 10.7. The van der Waals surface area contributed by atoms with Gasteiger partial charge in [0, 0.05) is 36.2 Å². The molecular weight excluding hydrogens is 491 g/mol. The maximum absolute atomic E-state index is 13.0. The monoisotopic (exact) mass is 517 g/mol. The molecule has 1 N–H and O–H groups in total. The molecule has 0 unspecified atom stereocenters. The van der Waals surface area contributed by atoms with Gasteiger partial charge in [0.2, 0.25) is 5.95 Å². The summed E-state index contributed by atoms with van der Waals surface area (Å²) in [5.41, 5.74) is 0.127. The molecule has 12 heteroatoms. The largest absolute Gasteiger partial charge is 0.444 e. The minimum atomic E-state index is -3.04. The van der Waals surface area contributed by atoms with Gasteiger partial charge in [0.25, 0.3) is 0 Å². The average Bonchev–Trinajstić information content (AvgIpc) is 2.73. The van der Waals surface area contributed by atoms with Crippen molar-refractivity contribution in [1.82, 2.24) is 14.9 Å². The summed E-state index contributed by atoms with van der Waals surface area (Å²) in [5, 5.41) is 3.99. The van der Waals surface area contributed by atoms with Gasteiger partial charge < -0.3 is 24.6 Å². The molecule has 1 amide bonds. The van der Waals surface area contributed by atoms with E-state index in [1.165, 1.54) is 6.20 Å². The van der Waals surface area contributed by atoms with Gasteiger partial charge in [-0.1, -0.05) is 29.3 Å². The number of anilines is 2. The van der Waals surface area contributed by atoms with E-state index in [2.05, 4.69) is 20.0 Å². The number of benzene rings is 1. The van der Waals surface area contributed by atoms with Crippen LogP contribution in [0.1, 0.15) is 39.3 Å². The molecule has 1 aromatic carbocycles. The van der Waals surface area contributed by atoms with Crippen LogP contribution in [0.4, 0.5) is 25.3 Å². The molecule has 0 radical (unpaired) electrons. The topological polar surface area (TPSA) is 79.8 Å². The Balaban J connectivity index is 1.76. The summed E-state index contributed by atoms with van der Waals surface area (Å²) >= 11 is 12.3. The first kappa shape index (κ1) is 26.0. The Bertz CT molecular complexity index is 1010. The van der Waals surface area contributed by atoms with Crippen LogP contribution >= 0.6 is 23.2 Å². The van der Waals surface area contributed by atoms with Gasteiger partial charge in [-0.2, -0.15) is 13.8 Å². The second-order valence-corrected chi connectivity index (χ2v) is 9.59. The molecule has 2 aromatic rings. The maximum Gasteiger partial charge on any atom is 0.410 e. The minimum absolute atomic E-state index is 0.0957. The van der Waals surface area contributed by atoms with Crippen LogP contribution in [0.3, 0.4) is 0 Å². The molecular formula is C22H27Cl2F2N5O3. The molecule has 0 saturated carbocycles. The minimum Gasteiger partial charge on any atom is -0.444 e. The molecule has 34 heavy (non-hydrogen) atoms. The zero-order chi connectivity index (χ0) is 25.0. The Hall–Kier alpha value is -2.59. The van der Waals surface area contributed by atoms with Gasteiger partial charge in [0.15, 0.2) is 11.6 Å². The predicted octanol–water partition coefficient (Wildman–Crippen LogP) is 5.62. The van der Waals surface area contributed by atoms with Gasteiger partial charge in [-0.15, -0.1) is 0 Å². The smallest absolute Gasteiger partial charge is 0.410 e. The van der Waals surface area contributed by atoms with E-state index in [-0.39, 0.29) is 17.7 Å². The highest BCUT2D eigenvalue weighted by molar-refractivity contribution is 6.35. The highest BCUT2D eigenvalue weighted by Crippen LogP contribution is 2.32. The molecule has 8 nitrogen and oxygen atoms in total. The zero-order valence-electron chi connectivity index (χ0n) is 19.3. The van der Waals surface area contributed by atoms with Crippen LogP contribution in [0.25, 0.3) is 0 Å². The van der Waals surface area contributed by atoms with E-state index in [9.17, 15) is 13.6 Å². The van der Waals surface area contributed by atoms with E-state index in [4.69, 9.17) is 27.9 Å². The highest BCUT2D eigenvalue weighted by atomic mass is 35.5. The molecule has 0 bridgehead atoms. The molecule has 1 atom stereocenters. The Labute approximate surface area is 207 Å². The van der Waals surface area contributed by atoms with Crippen molar-refractivity contribution >= 4 is 41.1 Å². The highest BCUT2D eigenvalue weighted by Gasteiger charge is 2.27. The molecule has 1 saturated heterocycles. The van der Waals surface area contributed by atoms with E-state index >= 15 is 0 Å². The van der Waals surface area contributed by atoms with Crippen molar-refractivity contribution in [2.45, 2.75) is 45.9 Å². The van der Waals surface area contributed by atoms with Gasteiger partial charge >= 0.3 is 12.7 Å². The molecule has 186 valence electrons. The van der Waals surface area contributed by atoms with Crippen molar-refractivity contribution in [3.05, 3.63) is 40.0 Å². The second-order valence-electron chi connectivity index (χ2n) is 8.75. The molecule has 0 aliphatic carbocycles. The fourth-order valence-electron chi connectivity index (χ4n) is 3.35. The molecule has 3 rings (SSSR count). The van der Waals surface area contributed by atoms with Crippen LogP contribution in [-0.2, 0) is 4.74 Å². The Morgan fingerprint density at radius 3 is 2.44 bits per heavy atom. The average molecular weight is 518 g/mol. The number of hydrogen-bond acceptors (Lipinski definition) is 7. The van der Waals surface area contributed by atoms with Crippen molar-refractivity contribution in [3.63, 3.8) is 0 Å². The maximum atomic E-state index is 13.0. The van der Waals surface area contributed by atoms with E-state index in [1.54, 1.807) is 23.1 Å². The normalized spacial score (nSPS) is 15.3. The lowest BCUT2D eigenvalue weighted by molar-refractivity contribution is -0.0498. The number of carbonyl (C=O) groups is 1. The molecule has 1 aliphatic rings. The van der Waals surface area contributed by atoms with E-state index in [1.807, 2.05) is 32.6 Å². The predicted molar refractivity (Wildman–Crippen MR) is 127 cm³/mol. The summed E-state index contributed by atoms with van der Waals surface area (Å²) in [7, 11) is 0. The third-order valence-corrected chi connectivity index (χ3v) is 5.52. The van der Waals surface area contributed by atoms with Gasteiger partial charge in [0.05, 0.1) is 12.2 Å². The number of nitrogens with zero attached hydrogens (tertiary/aromatic N) is 4. The lowest BCUT2D eigenvalue weighted by atomic mass is 10.1. The van der Waals surface area contributed by atoms with Gasteiger partial charge in [0.1, 0.15) is 5.60 Å². The Morgan fingerprint density at radius 2 is 1.85 bits per heavy atom. The fourth-order valence-corrected chi connectivity index (χ4v) is 3.92. The lowest BCUT2D eigenvalue weighted by Crippen LogP contribution is -2.50. The van der Waals surface area contributed by atoms with Crippen LogP contribution in [0.15, 0.2) is 24.4 Å². The molecule has 0 spiro atoms. The SMILES string of the molecule is C[C@@H](Nc1nc(N2CCN(C(=O)OC(C)(C)C)CC2)ncc1OC(F)F)c1ccc(Cl)cc1Cl. The van der Waals surface area contributed by atoms with Crippen molar-refractivity contribution in [2.24, 2.45) is 0 Å². The summed E-state index contributed by atoms with van der Waals surface area (Å²) in [5.74, 6) is 0.226. The van der Waals surface area contributed by atoms with Crippen molar-refractivity contribution < 1.29 is 23.0 Å². The second kappa shape index (κ2) is 10.8. The number of hydrogen-bond donors (Lipinski definition) is 1. The Kier molecular flexibility index (Phi) is 8.25. The molecule has 1 aliphatic heterocycles. The third kappa shape index (κ3) is 6.96. The number of carbonyl (C=O) groups excluding carboxylic acids is 1. The molecule has 1 fully saturated rings. The quantitative estimate of drug-likeness (QED) is 0.532. The standard InChI is InChI=1S/C22H27Cl2F2N5O3/c1-13(15-6-5-14(23)11-16(15)24)28-18-17(33-19(25)26)12-27-20(29-18)30-7-9-31(10-8-30)21(32)34-22(2,3)4/h5-6,11-13,19H,7-10H2,1-4H3,(H,27,28,29)/t13-/m1/s1. The van der Waals surface area contributed by atoms with Crippen LogP contribution in [-0.4, -0.2) is 59.4 Å². The summed E-state index contributed by atoms with van der Waals surface area (Å²) in [6.45, 7) is 5.92. The Morgan fingerprint density at radius 1 is 1.18 bits per heavy atom. The van der Waals surface area contributed by atoms with Crippen LogP contribution < -0.4 is 15.0 Å². The lowest BCUT2D eigenvalue weighted by Gasteiger charge is -2.35. The number of piperazine rings is 1. The number of halogens is 4. The van der Waals surface area contributed by atoms with Gasteiger partial charge in [-0.3, -0.25) is 0 Å². The van der Waals surface area contributed by atoms with Crippen LogP contribution in [0.2, 0.25) is 10.0 Å². The fraction of sp³-hybridized carbons (Fsp3) is 0.500. The summed E-state index contributed by atoms with van der Waals surface area (Å²) in [4.78, 5) is 24.4. The molecule has 2 heterocycles. The summed E-state index contributed by atoms with van der Waals surface area (Å²) in [6, 6.07) is 4.64. The number of nitrogens with one attached hydrogen (secondary N) is 1. The van der Waals surface area contributed by atoms with Crippen LogP contribution in [0, 0.1) is 0 Å². The van der Waals surface area contributed by atoms with Crippen molar-refractivity contribution in [3.8, 4) is 5.75 Å². The van der Waals surface area contributed by atoms with Gasteiger partial charge in [-0.05, 0) is 45.4 Å². The first-order chi connectivity index (χ1) is 15.9. The summed E-state index contributed by atoms with van der Waals surface area (Å²) < 4.78 is 35.9. The van der Waals surface area contributed by atoms with Crippen LogP contribution in [0.5, 0.6) is 5.75 Å². The van der Waals surface area contributed by atoms with Crippen molar-refractivity contribution in [2.75, 3.05) is 36.4 Å². The van der Waals surface area contributed by atoms with Crippen molar-refractivity contribution in [1.29, 1.82) is 0 Å². The first-order valence-corrected chi connectivity index (χ1v) is 11.4. The van der Waals surface area contributed by atoms with E-state index in [0.717, 1.165) is 0 Å². The molecule has 1 aromatic heterocycles. The number of rotatable bonds is 6. The number of amides is 1. The number of alkyl halides is 2. The van der Waals surface area contributed by atoms with E-state index in [0.29, 0.717) is 47.7 Å². The summed E-state index contributed by atoms with van der Waals surface area (Å²) in [6.07, 6.45) is 0.817. The third-order valence-electron chi connectivity index (χ3n) is 4.95. The van der Waals surface area contributed by atoms with Gasteiger partial charge in [-0.25, -0.2) is 9.78 Å². The number of aromatic nitrogens is 2. The van der Waals surface area contributed by atoms with E-state index < -0.39 is 18.3 Å². The number of ether oxygens (including phenoxy) is 2.